The summed E-state index contributed by atoms with van der Waals surface area (Å²) in [5.41, 5.74) is 0. The minimum absolute atomic E-state index is 0.443. The molecule has 0 aliphatic carbocycles. The van der Waals surface area contributed by atoms with Crippen molar-refractivity contribution in [2.75, 3.05) is 26.7 Å². The van der Waals surface area contributed by atoms with Gasteiger partial charge in [0.2, 0.25) is 0 Å². The van der Waals surface area contributed by atoms with Crippen LogP contribution in [-0.2, 0) is 11.3 Å². The van der Waals surface area contributed by atoms with Gasteiger partial charge in [0.1, 0.15) is 0 Å². The predicted octanol–water partition coefficient (Wildman–Crippen LogP) is 2.73. The third-order valence-electron chi connectivity index (χ3n) is 3.84. The summed E-state index contributed by atoms with van der Waals surface area (Å²) >= 11 is 1.82. The fourth-order valence-corrected chi connectivity index (χ4v) is 3.10. The lowest BCUT2D eigenvalue weighted by Crippen LogP contribution is -2.42. The van der Waals surface area contributed by atoms with Crippen molar-refractivity contribution in [1.82, 2.24) is 10.2 Å². The van der Waals surface area contributed by atoms with Gasteiger partial charge in [0.25, 0.3) is 0 Å². The summed E-state index contributed by atoms with van der Waals surface area (Å²) < 4.78 is 5.80. The Hall–Kier alpha value is -0.420. The number of hydrogen-bond acceptors (Lipinski definition) is 4. The van der Waals surface area contributed by atoms with Crippen LogP contribution in [0.25, 0.3) is 0 Å². The maximum atomic E-state index is 5.80. The largest absolute Gasteiger partial charge is 0.377 e. The Morgan fingerprint density at radius 1 is 1.53 bits per heavy atom. The van der Waals surface area contributed by atoms with E-state index in [1.54, 1.807) is 0 Å². The molecular weight excluding hydrogens is 256 g/mol. The third-order valence-corrected chi connectivity index (χ3v) is 4.71. The molecule has 19 heavy (non-hydrogen) atoms. The summed E-state index contributed by atoms with van der Waals surface area (Å²) in [5.74, 6) is 0. The van der Waals surface area contributed by atoms with Crippen LogP contribution in [0.5, 0.6) is 0 Å². The van der Waals surface area contributed by atoms with Gasteiger partial charge in [0, 0.05) is 37.2 Å². The van der Waals surface area contributed by atoms with Crippen LogP contribution in [0.2, 0.25) is 0 Å². The highest BCUT2D eigenvalue weighted by Gasteiger charge is 2.18. The second-order valence-electron chi connectivity index (χ2n) is 5.49. The zero-order chi connectivity index (χ0) is 13.5. The topological polar surface area (TPSA) is 24.5 Å². The number of nitrogens with zero attached hydrogens (tertiary/aromatic N) is 1. The summed E-state index contributed by atoms with van der Waals surface area (Å²) in [4.78, 5) is 3.82. The molecule has 0 spiro atoms. The smallest absolute Gasteiger partial charge is 0.0702 e. The summed E-state index contributed by atoms with van der Waals surface area (Å²) in [6.45, 7) is 6.30. The van der Waals surface area contributed by atoms with Crippen molar-refractivity contribution in [3.8, 4) is 0 Å². The molecule has 1 saturated heterocycles. The average molecular weight is 282 g/mol. The molecule has 108 valence electrons. The molecule has 1 aliphatic rings. The monoisotopic (exact) mass is 282 g/mol. The van der Waals surface area contributed by atoms with Crippen molar-refractivity contribution >= 4 is 11.3 Å². The molecule has 2 atom stereocenters. The van der Waals surface area contributed by atoms with Crippen LogP contribution in [0.1, 0.15) is 31.1 Å². The summed E-state index contributed by atoms with van der Waals surface area (Å²) in [6, 6.07) is 4.84. The maximum absolute atomic E-state index is 5.80. The lowest BCUT2D eigenvalue weighted by Gasteiger charge is -2.31. The van der Waals surface area contributed by atoms with E-state index < -0.39 is 0 Å². The zero-order valence-electron chi connectivity index (χ0n) is 12.1. The summed E-state index contributed by atoms with van der Waals surface area (Å²) in [6.07, 6.45) is 4.22. The van der Waals surface area contributed by atoms with Gasteiger partial charge < -0.3 is 10.1 Å². The molecule has 3 nitrogen and oxygen atoms in total. The molecule has 2 rings (SSSR count). The van der Waals surface area contributed by atoms with Gasteiger partial charge in [-0.25, -0.2) is 0 Å². The fraction of sp³-hybridized carbons (Fsp3) is 0.733. The molecule has 1 N–H and O–H groups in total. The minimum atomic E-state index is 0.443. The van der Waals surface area contributed by atoms with Gasteiger partial charge in [-0.15, -0.1) is 11.3 Å². The van der Waals surface area contributed by atoms with Gasteiger partial charge in [0.05, 0.1) is 6.10 Å². The van der Waals surface area contributed by atoms with Crippen molar-refractivity contribution in [3.05, 3.63) is 22.4 Å². The standard InChI is InChI=1S/C15H26N2OS/c1-13(10-16-11-15-7-5-9-19-15)17(2)12-14-6-3-4-8-18-14/h5,7,9,13-14,16H,3-4,6,8,10-12H2,1-2H3. The van der Waals surface area contributed by atoms with Crippen LogP contribution in [-0.4, -0.2) is 43.8 Å². The first-order valence-corrected chi connectivity index (χ1v) is 8.18. The molecule has 0 amide bonds. The zero-order valence-corrected chi connectivity index (χ0v) is 12.9. The number of hydrogen-bond donors (Lipinski definition) is 1. The third kappa shape index (κ3) is 5.22. The molecule has 1 aromatic rings. The van der Waals surface area contributed by atoms with Crippen molar-refractivity contribution in [2.24, 2.45) is 0 Å². The van der Waals surface area contributed by atoms with E-state index in [1.807, 2.05) is 11.3 Å². The van der Waals surface area contributed by atoms with Crippen molar-refractivity contribution < 1.29 is 4.74 Å². The first kappa shape index (κ1) is 15.0. The van der Waals surface area contributed by atoms with E-state index in [1.165, 1.54) is 24.1 Å². The van der Waals surface area contributed by atoms with Crippen molar-refractivity contribution in [3.63, 3.8) is 0 Å². The van der Waals surface area contributed by atoms with E-state index in [-0.39, 0.29) is 0 Å². The second-order valence-corrected chi connectivity index (χ2v) is 6.52. The maximum Gasteiger partial charge on any atom is 0.0702 e. The number of nitrogens with one attached hydrogen (secondary N) is 1. The molecule has 0 aromatic carbocycles. The Bertz CT molecular complexity index is 336. The molecule has 2 heterocycles. The number of rotatable bonds is 7. The van der Waals surface area contributed by atoms with E-state index >= 15 is 0 Å². The van der Waals surface area contributed by atoms with Gasteiger partial charge in [-0.05, 0) is 44.7 Å². The SMILES string of the molecule is CC(CNCc1cccs1)N(C)CC1CCCCO1. The minimum Gasteiger partial charge on any atom is -0.377 e. The van der Waals surface area contributed by atoms with E-state index in [4.69, 9.17) is 4.74 Å². The van der Waals surface area contributed by atoms with Crippen LogP contribution < -0.4 is 5.32 Å². The van der Waals surface area contributed by atoms with Crippen molar-refractivity contribution in [1.29, 1.82) is 0 Å². The Morgan fingerprint density at radius 2 is 2.42 bits per heavy atom. The molecule has 1 aliphatic heterocycles. The van der Waals surface area contributed by atoms with E-state index in [9.17, 15) is 0 Å². The number of likely N-dealkylation sites (N-methyl/N-ethyl adjacent to an activating group) is 1. The highest BCUT2D eigenvalue weighted by Crippen LogP contribution is 2.14. The van der Waals surface area contributed by atoms with Crippen LogP contribution in [0, 0.1) is 0 Å². The number of ether oxygens (including phenoxy) is 1. The van der Waals surface area contributed by atoms with Crippen LogP contribution in [0.4, 0.5) is 0 Å². The van der Waals surface area contributed by atoms with E-state index in [2.05, 4.69) is 41.7 Å². The fourth-order valence-electron chi connectivity index (χ4n) is 2.43. The molecule has 0 radical (unpaired) electrons. The molecule has 2 unspecified atom stereocenters. The average Bonchev–Trinajstić information content (AvgIpc) is 2.93. The van der Waals surface area contributed by atoms with Crippen LogP contribution >= 0.6 is 11.3 Å². The second kappa shape index (κ2) is 8.00. The molecule has 1 fully saturated rings. The molecule has 4 heteroatoms. The first-order chi connectivity index (χ1) is 9.25. The lowest BCUT2D eigenvalue weighted by atomic mass is 10.1. The Kier molecular flexibility index (Phi) is 6.31. The van der Waals surface area contributed by atoms with Gasteiger partial charge >= 0.3 is 0 Å². The molecule has 0 saturated carbocycles. The Labute approximate surface area is 121 Å². The highest BCUT2D eigenvalue weighted by atomic mass is 32.1. The summed E-state index contributed by atoms with van der Waals surface area (Å²) in [7, 11) is 2.20. The summed E-state index contributed by atoms with van der Waals surface area (Å²) in [5, 5.41) is 5.67. The predicted molar refractivity (Wildman–Crippen MR) is 81.7 cm³/mol. The normalized spacial score (nSPS) is 21.7. The van der Waals surface area contributed by atoms with Crippen molar-refractivity contribution in [2.45, 2.75) is 44.9 Å². The van der Waals surface area contributed by atoms with Gasteiger partial charge in [-0.3, -0.25) is 4.90 Å². The van der Waals surface area contributed by atoms with E-state index in [0.717, 1.165) is 26.2 Å². The van der Waals surface area contributed by atoms with Crippen LogP contribution in [0.15, 0.2) is 17.5 Å². The lowest BCUT2D eigenvalue weighted by molar-refractivity contribution is -0.00689. The molecule has 0 bridgehead atoms. The Balaban J connectivity index is 1.62. The van der Waals surface area contributed by atoms with E-state index in [0.29, 0.717) is 12.1 Å². The molecular formula is C15H26N2OS. The quantitative estimate of drug-likeness (QED) is 0.832. The van der Waals surface area contributed by atoms with Gasteiger partial charge in [-0.1, -0.05) is 6.07 Å². The highest BCUT2D eigenvalue weighted by molar-refractivity contribution is 7.09. The number of thiophene rings is 1. The van der Waals surface area contributed by atoms with Gasteiger partial charge in [-0.2, -0.15) is 0 Å². The van der Waals surface area contributed by atoms with Gasteiger partial charge in [0.15, 0.2) is 0 Å². The van der Waals surface area contributed by atoms with Crippen LogP contribution in [0.3, 0.4) is 0 Å². The Morgan fingerprint density at radius 3 is 3.11 bits per heavy atom. The molecule has 1 aromatic heterocycles. The first-order valence-electron chi connectivity index (χ1n) is 7.30.